The lowest BCUT2D eigenvalue weighted by molar-refractivity contribution is -0.136. The monoisotopic (exact) mass is 313 g/mol. The summed E-state index contributed by atoms with van der Waals surface area (Å²) >= 11 is 0. The summed E-state index contributed by atoms with van der Waals surface area (Å²) in [6, 6.07) is 8.86. The van der Waals surface area contributed by atoms with Crippen molar-refractivity contribution >= 4 is 17.8 Å². The van der Waals surface area contributed by atoms with E-state index in [1.54, 1.807) is 44.6 Å². The summed E-state index contributed by atoms with van der Waals surface area (Å²) in [6.45, 7) is 1.83. The molecule has 1 aromatic carbocycles. The Morgan fingerprint density at radius 2 is 1.87 bits per heavy atom. The maximum Gasteiger partial charge on any atom is 0.368 e. The Labute approximate surface area is 132 Å². The highest BCUT2D eigenvalue weighted by molar-refractivity contribution is 6.31. The van der Waals surface area contributed by atoms with Crippen molar-refractivity contribution in [1.29, 1.82) is 0 Å². The Hall–Kier alpha value is -3.02. The van der Waals surface area contributed by atoms with Gasteiger partial charge in [0.25, 0.3) is 0 Å². The van der Waals surface area contributed by atoms with Crippen molar-refractivity contribution in [3.63, 3.8) is 0 Å². The summed E-state index contributed by atoms with van der Waals surface area (Å²) < 4.78 is 16.0. The van der Waals surface area contributed by atoms with Crippen LogP contribution in [0.25, 0.3) is 6.08 Å². The predicted molar refractivity (Wildman–Crippen MR) is 83.6 cm³/mol. The van der Waals surface area contributed by atoms with Crippen LogP contribution < -0.4 is 9.47 Å². The summed E-state index contributed by atoms with van der Waals surface area (Å²) in [5, 5.41) is 3.86. The molecule has 6 heteroatoms. The van der Waals surface area contributed by atoms with Gasteiger partial charge in [0.15, 0.2) is 11.5 Å². The number of benzene rings is 1. The molecule has 2 aromatic rings. The summed E-state index contributed by atoms with van der Waals surface area (Å²) in [4.78, 5) is 16.8. The number of aryl methyl sites for hydroxylation is 1. The number of furan rings is 1. The molecule has 23 heavy (non-hydrogen) atoms. The van der Waals surface area contributed by atoms with Gasteiger partial charge in [-0.05, 0) is 43.3 Å². The molecule has 118 valence electrons. The smallest absolute Gasteiger partial charge is 0.368 e. The van der Waals surface area contributed by atoms with Crippen LogP contribution in [-0.4, -0.2) is 25.9 Å². The van der Waals surface area contributed by atoms with Crippen molar-refractivity contribution < 1.29 is 23.5 Å². The number of rotatable bonds is 4. The van der Waals surface area contributed by atoms with Crippen LogP contribution in [0.5, 0.6) is 11.5 Å². The Balaban J connectivity index is 2.01. The fourth-order valence-corrected chi connectivity index (χ4v) is 2.27. The standard InChI is InChI=1S/C17H15NO5/c1-10-4-6-12(22-10)9-13-16(18-23-17(13)19)11-5-7-14(20-2)15(8-11)21-3/h4-9H,1-3H3/b13-9-. The first-order valence-corrected chi connectivity index (χ1v) is 6.92. The number of methoxy groups -OCH3 is 2. The lowest BCUT2D eigenvalue weighted by Gasteiger charge is -2.09. The van der Waals surface area contributed by atoms with Crippen molar-refractivity contribution in [3.05, 3.63) is 53.0 Å². The molecule has 6 nitrogen and oxygen atoms in total. The van der Waals surface area contributed by atoms with Crippen molar-refractivity contribution in [2.45, 2.75) is 6.92 Å². The number of carbonyl (C=O) groups is 1. The molecule has 1 aromatic heterocycles. The third-order valence-electron chi connectivity index (χ3n) is 3.40. The van der Waals surface area contributed by atoms with Crippen LogP contribution in [0, 0.1) is 6.92 Å². The highest BCUT2D eigenvalue weighted by Crippen LogP contribution is 2.30. The topological polar surface area (TPSA) is 70.3 Å². The molecule has 0 radical (unpaired) electrons. The molecule has 1 aliphatic rings. The van der Waals surface area contributed by atoms with E-state index in [-0.39, 0.29) is 0 Å². The van der Waals surface area contributed by atoms with Crippen molar-refractivity contribution in [2.24, 2.45) is 5.16 Å². The number of carbonyl (C=O) groups excluding carboxylic acids is 1. The van der Waals surface area contributed by atoms with E-state index in [4.69, 9.17) is 18.7 Å². The molecule has 0 fully saturated rings. The molecular formula is C17H15NO5. The number of hydrogen-bond donors (Lipinski definition) is 0. The van der Waals surface area contributed by atoms with E-state index in [1.165, 1.54) is 0 Å². The van der Waals surface area contributed by atoms with Gasteiger partial charge in [0.1, 0.15) is 17.2 Å². The summed E-state index contributed by atoms with van der Waals surface area (Å²) in [6.07, 6.45) is 1.61. The molecule has 0 spiro atoms. The average Bonchev–Trinajstić information content (AvgIpc) is 3.13. The van der Waals surface area contributed by atoms with Gasteiger partial charge >= 0.3 is 5.97 Å². The zero-order valence-electron chi connectivity index (χ0n) is 13.0. The van der Waals surface area contributed by atoms with E-state index in [2.05, 4.69) is 5.16 Å². The van der Waals surface area contributed by atoms with Crippen molar-refractivity contribution in [3.8, 4) is 11.5 Å². The van der Waals surface area contributed by atoms with Gasteiger partial charge in [-0.15, -0.1) is 0 Å². The fourth-order valence-electron chi connectivity index (χ4n) is 2.27. The number of nitrogens with zero attached hydrogens (tertiary/aromatic N) is 1. The van der Waals surface area contributed by atoms with Crippen LogP contribution in [0.2, 0.25) is 0 Å². The van der Waals surface area contributed by atoms with Crippen molar-refractivity contribution in [1.82, 2.24) is 0 Å². The Bertz CT molecular complexity index is 816. The van der Waals surface area contributed by atoms with E-state index >= 15 is 0 Å². The second-order valence-corrected chi connectivity index (χ2v) is 4.89. The maximum absolute atomic E-state index is 11.9. The lowest BCUT2D eigenvalue weighted by Crippen LogP contribution is -2.07. The average molecular weight is 313 g/mol. The van der Waals surface area contributed by atoms with E-state index < -0.39 is 5.97 Å². The molecule has 0 unspecified atom stereocenters. The van der Waals surface area contributed by atoms with E-state index in [9.17, 15) is 4.79 Å². The SMILES string of the molecule is COc1ccc(C2=NOC(=O)/C2=C\c2ccc(C)o2)cc1OC. The number of hydrogen-bond acceptors (Lipinski definition) is 6. The Morgan fingerprint density at radius 1 is 1.09 bits per heavy atom. The van der Waals surface area contributed by atoms with Gasteiger partial charge in [0.05, 0.1) is 19.8 Å². The molecule has 0 saturated heterocycles. The third-order valence-corrected chi connectivity index (χ3v) is 3.40. The number of ether oxygens (including phenoxy) is 2. The molecule has 0 amide bonds. The van der Waals surface area contributed by atoms with Crippen LogP contribution in [-0.2, 0) is 9.63 Å². The van der Waals surface area contributed by atoms with Crippen LogP contribution in [0.15, 0.2) is 45.5 Å². The van der Waals surface area contributed by atoms with Crippen LogP contribution in [0.1, 0.15) is 17.1 Å². The predicted octanol–water partition coefficient (Wildman–Crippen LogP) is 2.95. The van der Waals surface area contributed by atoms with Gasteiger partial charge in [-0.3, -0.25) is 0 Å². The Kier molecular flexibility index (Phi) is 3.89. The van der Waals surface area contributed by atoms with Crippen LogP contribution in [0.3, 0.4) is 0 Å². The minimum atomic E-state index is -0.524. The van der Waals surface area contributed by atoms with E-state index in [0.29, 0.717) is 34.1 Å². The molecule has 0 atom stereocenters. The molecule has 1 aliphatic heterocycles. The van der Waals surface area contributed by atoms with Gasteiger partial charge < -0.3 is 18.7 Å². The lowest BCUT2D eigenvalue weighted by atomic mass is 10.0. The van der Waals surface area contributed by atoms with Crippen molar-refractivity contribution in [2.75, 3.05) is 14.2 Å². The maximum atomic E-state index is 11.9. The second-order valence-electron chi connectivity index (χ2n) is 4.89. The zero-order chi connectivity index (χ0) is 16.4. The van der Waals surface area contributed by atoms with Gasteiger partial charge in [0.2, 0.25) is 0 Å². The first-order valence-electron chi connectivity index (χ1n) is 6.92. The molecule has 3 rings (SSSR count). The van der Waals surface area contributed by atoms with Gasteiger partial charge in [0, 0.05) is 5.56 Å². The molecule has 0 saturated carbocycles. The quantitative estimate of drug-likeness (QED) is 0.641. The van der Waals surface area contributed by atoms with Gasteiger partial charge in [-0.2, -0.15) is 0 Å². The number of oxime groups is 1. The minimum absolute atomic E-state index is 0.326. The minimum Gasteiger partial charge on any atom is -0.493 e. The molecule has 0 aliphatic carbocycles. The third kappa shape index (κ3) is 2.83. The summed E-state index contributed by atoms with van der Waals surface area (Å²) in [5.74, 6) is 1.93. The molecule has 0 bridgehead atoms. The van der Waals surface area contributed by atoms with Gasteiger partial charge in [-0.1, -0.05) is 5.16 Å². The fraction of sp³-hybridized carbons (Fsp3) is 0.176. The molecule has 0 N–H and O–H groups in total. The first kappa shape index (κ1) is 14.9. The molecular weight excluding hydrogens is 298 g/mol. The van der Waals surface area contributed by atoms with E-state index in [1.807, 2.05) is 13.0 Å². The zero-order valence-corrected chi connectivity index (χ0v) is 13.0. The highest BCUT2D eigenvalue weighted by Gasteiger charge is 2.28. The second kappa shape index (κ2) is 6.00. The van der Waals surface area contributed by atoms with Crippen LogP contribution >= 0.6 is 0 Å². The summed E-state index contributed by atoms with van der Waals surface area (Å²) in [7, 11) is 3.10. The van der Waals surface area contributed by atoms with Gasteiger partial charge in [-0.25, -0.2) is 4.79 Å². The summed E-state index contributed by atoms with van der Waals surface area (Å²) in [5.41, 5.74) is 1.43. The largest absolute Gasteiger partial charge is 0.493 e. The van der Waals surface area contributed by atoms with Crippen LogP contribution in [0.4, 0.5) is 0 Å². The normalized spacial score (nSPS) is 15.5. The highest BCUT2D eigenvalue weighted by atomic mass is 16.7. The molecule has 2 heterocycles. The first-order chi connectivity index (χ1) is 11.1. The Morgan fingerprint density at radius 3 is 2.52 bits per heavy atom. The van der Waals surface area contributed by atoms with E-state index in [0.717, 1.165) is 5.76 Å².